The molecule has 2 aromatic heterocycles. The van der Waals surface area contributed by atoms with E-state index in [0.717, 1.165) is 45.6 Å². The lowest BCUT2D eigenvalue weighted by Gasteiger charge is -2.36. The van der Waals surface area contributed by atoms with Crippen molar-refractivity contribution in [2.24, 2.45) is 5.92 Å². The molecular weight excluding hydrogens is 412 g/mol. The summed E-state index contributed by atoms with van der Waals surface area (Å²) in [4.78, 5) is 8.72. The molecule has 0 amide bonds. The number of likely N-dealkylation sites (tertiary alicyclic amines) is 1. The zero-order valence-electron chi connectivity index (χ0n) is 15.0. The number of aryl methyl sites for hydroxylation is 1. The molecule has 1 aromatic carbocycles. The number of rotatable bonds is 4. The average molecular weight is 435 g/mol. The van der Waals surface area contributed by atoms with Gasteiger partial charge in [-0.3, -0.25) is 4.90 Å². The lowest BCUT2D eigenvalue weighted by molar-refractivity contribution is 0.157. The topological polar surface area (TPSA) is 53.7 Å². The van der Waals surface area contributed by atoms with E-state index in [1.807, 2.05) is 6.92 Å². The molecule has 26 heavy (non-hydrogen) atoms. The van der Waals surface area contributed by atoms with E-state index in [9.17, 15) is 5.11 Å². The van der Waals surface area contributed by atoms with E-state index in [4.69, 9.17) is 0 Å². The van der Waals surface area contributed by atoms with Gasteiger partial charge < -0.3 is 5.11 Å². The summed E-state index contributed by atoms with van der Waals surface area (Å²) in [5, 5.41) is 15.3. The summed E-state index contributed by atoms with van der Waals surface area (Å²) < 4.78 is 2.66. The third-order valence-electron chi connectivity index (χ3n) is 5.18. The van der Waals surface area contributed by atoms with E-state index in [1.54, 1.807) is 15.9 Å². The van der Waals surface area contributed by atoms with Crippen LogP contribution in [0.5, 0.6) is 5.88 Å². The van der Waals surface area contributed by atoms with Gasteiger partial charge in [-0.05, 0) is 49.5 Å². The van der Waals surface area contributed by atoms with Crippen LogP contribution < -0.4 is 0 Å². The van der Waals surface area contributed by atoms with Gasteiger partial charge in [0.15, 0.2) is 5.82 Å². The Morgan fingerprint density at radius 2 is 1.96 bits per heavy atom. The van der Waals surface area contributed by atoms with Crippen molar-refractivity contribution >= 4 is 32.2 Å². The van der Waals surface area contributed by atoms with Gasteiger partial charge in [-0.2, -0.15) is 4.52 Å². The lowest BCUT2D eigenvalue weighted by atomic mass is 9.95. The van der Waals surface area contributed by atoms with Crippen LogP contribution in [0, 0.1) is 5.92 Å². The van der Waals surface area contributed by atoms with Crippen molar-refractivity contribution in [3.8, 4) is 5.88 Å². The molecule has 3 heterocycles. The van der Waals surface area contributed by atoms with Crippen LogP contribution in [-0.4, -0.2) is 37.7 Å². The Morgan fingerprint density at radius 1 is 1.27 bits per heavy atom. The summed E-state index contributed by atoms with van der Waals surface area (Å²) in [6.45, 7) is 6.42. The van der Waals surface area contributed by atoms with Gasteiger partial charge in [-0.1, -0.05) is 53.2 Å². The molecule has 0 spiro atoms. The van der Waals surface area contributed by atoms with Crippen molar-refractivity contribution in [3.63, 3.8) is 0 Å². The highest BCUT2D eigenvalue weighted by Crippen LogP contribution is 2.41. The quantitative estimate of drug-likeness (QED) is 0.649. The summed E-state index contributed by atoms with van der Waals surface area (Å²) in [5.41, 5.74) is 1.19. The molecule has 0 bridgehead atoms. The molecule has 5 nitrogen and oxygen atoms in total. The molecule has 3 aromatic rings. The Kier molecular flexibility index (Phi) is 5.03. The van der Waals surface area contributed by atoms with Gasteiger partial charge in [0.1, 0.15) is 0 Å². The van der Waals surface area contributed by atoms with Crippen molar-refractivity contribution in [2.75, 3.05) is 13.1 Å². The molecule has 7 heteroatoms. The maximum atomic E-state index is 10.9. The largest absolute Gasteiger partial charge is 0.492 e. The lowest BCUT2D eigenvalue weighted by Crippen LogP contribution is -2.36. The van der Waals surface area contributed by atoms with Crippen LogP contribution in [0.15, 0.2) is 28.7 Å². The standard InChI is InChI=1S/C19H23BrN4OS/c1-3-15-21-19-24(22-15)18(25)17(26-19)16(13-4-6-14(20)7-5-13)23-10-8-12(2)9-11-23/h4-7,12,16,25H,3,8-11H2,1-2H3/t16-/m0/s1. The molecule has 0 saturated carbocycles. The van der Waals surface area contributed by atoms with E-state index in [2.05, 4.69) is 62.1 Å². The average Bonchev–Trinajstić information content (AvgIpc) is 3.18. The monoisotopic (exact) mass is 434 g/mol. The molecule has 4 rings (SSSR count). The highest BCUT2D eigenvalue weighted by atomic mass is 79.9. The van der Waals surface area contributed by atoms with Crippen LogP contribution in [0.2, 0.25) is 0 Å². The fourth-order valence-corrected chi connectivity index (χ4v) is 4.98. The molecule has 0 aliphatic carbocycles. The van der Waals surface area contributed by atoms with Gasteiger partial charge >= 0.3 is 0 Å². The fourth-order valence-electron chi connectivity index (χ4n) is 3.58. The second-order valence-electron chi connectivity index (χ2n) is 7.04. The second-order valence-corrected chi connectivity index (χ2v) is 8.96. The van der Waals surface area contributed by atoms with Crippen LogP contribution in [0.4, 0.5) is 0 Å². The molecule has 138 valence electrons. The normalized spacial score (nSPS) is 17.8. The van der Waals surface area contributed by atoms with Crippen LogP contribution in [0.25, 0.3) is 4.96 Å². The molecule has 1 aliphatic rings. The van der Waals surface area contributed by atoms with Crippen molar-refractivity contribution in [3.05, 3.63) is 45.0 Å². The Hall–Kier alpha value is -1.44. The molecule has 1 saturated heterocycles. The minimum atomic E-state index is 0.0363. The fraction of sp³-hybridized carbons (Fsp3) is 0.474. The van der Waals surface area contributed by atoms with Gasteiger partial charge in [0.25, 0.3) is 0 Å². The van der Waals surface area contributed by atoms with E-state index < -0.39 is 0 Å². The number of aromatic hydroxyl groups is 1. The number of halogens is 1. The second kappa shape index (κ2) is 7.29. The van der Waals surface area contributed by atoms with Crippen LogP contribution >= 0.6 is 27.3 Å². The summed E-state index contributed by atoms with van der Waals surface area (Å²) in [7, 11) is 0. The maximum Gasteiger partial charge on any atom is 0.230 e. The Balaban J connectivity index is 1.78. The zero-order chi connectivity index (χ0) is 18.3. The van der Waals surface area contributed by atoms with Gasteiger partial charge in [0, 0.05) is 10.9 Å². The van der Waals surface area contributed by atoms with Crippen LogP contribution in [0.1, 0.15) is 49.0 Å². The molecule has 1 N–H and O–H groups in total. The predicted octanol–water partition coefficient (Wildman–Crippen LogP) is 4.64. The first-order valence-corrected chi connectivity index (χ1v) is 10.7. The van der Waals surface area contributed by atoms with Gasteiger partial charge in [-0.15, -0.1) is 5.10 Å². The number of thiazole rings is 1. The number of piperidine rings is 1. The zero-order valence-corrected chi connectivity index (χ0v) is 17.4. The number of aromatic nitrogens is 3. The van der Waals surface area contributed by atoms with E-state index in [-0.39, 0.29) is 11.9 Å². The molecule has 1 fully saturated rings. The number of hydrogen-bond acceptors (Lipinski definition) is 5. The van der Waals surface area contributed by atoms with Crippen LogP contribution in [0.3, 0.4) is 0 Å². The van der Waals surface area contributed by atoms with Crippen molar-refractivity contribution in [2.45, 2.75) is 39.2 Å². The van der Waals surface area contributed by atoms with Crippen molar-refractivity contribution < 1.29 is 5.11 Å². The smallest absolute Gasteiger partial charge is 0.230 e. The van der Waals surface area contributed by atoms with Gasteiger partial charge in [0.2, 0.25) is 10.8 Å². The van der Waals surface area contributed by atoms with Gasteiger partial charge in [-0.25, -0.2) is 4.98 Å². The predicted molar refractivity (Wildman–Crippen MR) is 108 cm³/mol. The Morgan fingerprint density at radius 3 is 2.58 bits per heavy atom. The first kappa shape index (κ1) is 17.9. The third-order valence-corrected chi connectivity index (χ3v) is 6.78. The Bertz CT molecular complexity index is 896. The number of benzene rings is 1. The molecule has 1 aliphatic heterocycles. The molecule has 0 unspecified atom stereocenters. The number of fused-ring (bicyclic) bond motifs is 1. The van der Waals surface area contributed by atoms with Crippen LogP contribution in [-0.2, 0) is 6.42 Å². The minimum absolute atomic E-state index is 0.0363. The highest BCUT2D eigenvalue weighted by Gasteiger charge is 2.31. The van der Waals surface area contributed by atoms with Gasteiger partial charge in [0.05, 0.1) is 10.9 Å². The van der Waals surface area contributed by atoms with Crippen molar-refractivity contribution in [1.29, 1.82) is 0 Å². The summed E-state index contributed by atoms with van der Waals surface area (Å²) >= 11 is 5.07. The van der Waals surface area contributed by atoms with E-state index in [1.165, 1.54) is 18.4 Å². The Labute approximate surface area is 165 Å². The first-order chi connectivity index (χ1) is 12.6. The molecule has 0 radical (unpaired) electrons. The summed E-state index contributed by atoms with van der Waals surface area (Å²) in [5.74, 6) is 1.76. The summed E-state index contributed by atoms with van der Waals surface area (Å²) in [6, 6.07) is 8.45. The van der Waals surface area contributed by atoms with E-state index in [0.29, 0.717) is 0 Å². The third kappa shape index (κ3) is 3.28. The van der Waals surface area contributed by atoms with E-state index >= 15 is 0 Å². The molecule has 1 atom stereocenters. The minimum Gasteiger partial charge on any atom is -0.492 e. The maximum absolute atomic E-state index is 10.9. The molecular formula is C19H23BrN4OS. The van der Waals surface area contributed by atoms with Crippen molar-refractivity contribution in [1.82, 2.24) is 19.5 Å². The first-order valence-electron chi connectivity index (χ1n) is 9.13. The SMILES string of the molecule is CCc1nc2sc([C@H](c3ccc(Br)cc3)N3CCC(C)CC3)c(O)n2n1. The number of nitrogens with zero attached hydrogens (tertiary/aromatic N) is 4. The highest BCUT2D eigenvalue weighted by molar-refractivity contribution is 9.10. The number of hydrogen-bond donors (Lipinski definition) is 1. The summed E-state index contributed by atoms with van der Waals surface area (Å²) in [6.07, 6.45) is 3.15.